The quantitative estimate of drug-likeness (QED) is 0.361. The molecule has 0 aliphatic rings. The van der Waals surface area contributed by atoms with Gasteiger partial charge in [0, 0.05) is 0 Å². The average Bonchev–Trinajstić information content (AvgIpc) is 2.18. The minimum Gasteiger partial charge on any atom is -0.411 e. The van der Waals surface area contributed by atoms with Crippen molar-refractivity contribution in [3.8, 4) is 0 Å². The van der Waals surface area contributed by atoms with E-state index in [0.29, 0.717) is 11.2 Å². The molecule has 0 atom stereocenters. The fourth-order valence-corrected chi connectivity index (χ4v) is 0.822. The molecule has 0 aliphatic carbocycles. The van der Waals surface area contributed by atoms with Crippen LogP contribution in [0.5, 0.6) is 0 Å². The highest BCUT2D eigenvalue weighted by Crippen LogP contribution is 1.99. The third kappa shape index (κ3) is 1.39. The first kappa shape index (κ1) is 7.47. The monoisotopic (exact) mass is 176 g/mol. The van der Waals surface area contributed by atoms with Crippen LogP contribution in [0.2, 0.25) is 0 Å². The molecule has 2 aromatic rings. The second-order valence-corrected chi connectivity index (χ2v) is 2.15. The number of oxime groups is 1. The smallest absolute Gasteiger partial charge is 0.203 e. The molecule has 0 bridgehead atoms. The van der Waals surface area contributed by atoms with Gasteiger partial charge in [0.2, 0.25) is 5.65 Å². The third-order valence-electron chi connectivity index (χ3n) is 1.33. The summed E-state index contributed by atoms with van der Waals surface area (Å²) in [5.41, 5.74) is 0.914. The van der Waals surface area contributed by atoms with E-state index in [1.54, 1.807) is 0 Å². The largest absolute Gasteiger partial charge is 0.411 e. The number of rotatable bonds is 1. The van der Waals surface area contributed by atoms with Gasteiger partial charge in [-0.15, -0.1) is 10.2 Å². The highest BCUT2D eigenvalue weighted by atomic mass is 16.4. The number of aromatic nitrogens is 5. The van der Waals surface area contributed by atoms with Crippen molar-refractivity contribution < 1.29 is 5.21 Å². The summed E-state index contributed by atoms with van der Waals surface area (Å²) in [5, 5.41) is 18.4. The van der Waals surface area contributed by atoms with E-state index in [4.69, 9.17) is 5.21 Å². The van der Waals surface area contributed by atoms with Crippen molar-refractivity contribution in [2.75, 3.05) is 0 Å². The van der Waals surface area contributed by atoms with Crippen molar-refractivity contribution in [3.63, 3.8) is 0 Å². The zero-order chi connectivity index (χ0) is 9.10. The van der Waals surface area contributed by atoms with Crippen LogP contribution in [-0.2, 0) is 0 Å². The van der Waals surface area contributed by atoms with Crippen LogP contribution in [0.25, 0.3) is 11.2 Å². The molecule has 0 aliphatic heterocycles. The van der Waals surface area contributed by atoms with E-state index >= 15 is 0 Å². The minimum absolute atomic E-state index is 0.213. The molecule has 0 saturated carbocycles. The van der Waals surface area contributed by atoms with Gasteiger partial charge >= 0.3 is 0 Å². The number of hydrogen-bond acceptors (Lipinski definition) is 7. The highest BCUT2D eigenvalue weighted by Gasteiger charge is 1.99. The van der Waals surface area contributed by atoms with Gasteiger partial charge in [-0.3, -0.25) is 0 Å². The van der Waals surface area contributed by atoms with Crippen molar-refractivity contribution in [1.29, 1.82) is 0 Å². The maximum Gasteiger partial charge on any atom is 0.203 e. The number of hydrogen-bond donors (Lipinski definition) is 1. The van der Waals surface area contributed by atoms with Crippen LogP contribution in [-0.4, -0.2) is 36.6 Å². The van der Waals surface area contributed by atoms with Gasteiger partial charge in [-0.1, -0.05) is 5.16 Å². The van der Waals surface area contributed by atoms with Crippen LogP contribution < -0.4 is 0 Å². The lowest BCUT2D eigenvalue weighted by molar-refractivity contribution is 0.321. The minimum atomic E-state index is 0.213. The van der Waals surface area contributed by atoms with Crippen molar-refractivity contribution >= 4 is 17.4 Å². The molecule has 64 valence electrons. The molecule has 2 heterocycles. The molecule has 0 unspecified atom stereocenters. The van der Waals surface area contributed by atoms with Gasteiger partial charge < -0.3 is 5.21 Å². The second kappa shape index (κ2) is 3.05. The van der Waals surface area contributed by atoms with Crippen LogP contribution in [0.15, 0.2) is 17.7 Å². The predicted molar refractivity (Wildman–Crippen MR) is 42.3 cm³/mol. The molecular formula is C6H4N6O. The molecule has 7 nitrogen and oxygen atoms in total. The fraction of sp³-hybridized carbons (Fsp3) is 0. The van der Waals surface area contributed by atoms with Gasteiger partial charge in [0.15, 0.2) is 5.82 Å². The third-order valence-corrected chi connectivity index (χ3v) is 1.33. The summed E-state index contributed by atoms with van der Waals surface area (Å²) < 4.78 is 0. The van der Waals surface area contributed by atoms with Crippen LogP contribution >= 0.6 is 0 Å². The molecule has 7 heteroatoms. The molecule has 0 saturated heterocycles. The lowest BCUT2D eigenvalue weighted by Gasteiger charge is -1.92. The van der Waals surface area contributed by atoms with Gasteiger partial charge in [-0.25, -0.2) is 15.0 Å². The van der Waals surface area contributed by atoms with Gasteiger partial charge in [-0.05, 0) is 0 Å². The Labute approximate surface area is 72.2 Å². The maximum absolute atomic E-state index is 8.22. The zero-order valence-corrected chi connectivity index (χ0v) is 6.36. The Bertz CT molecular complexity index is 456. The first-order valence-corrected chi connectivity index (χ1v) is 3.38. The summed E-state index contributed by atoms with van der Waals surface area (Å²) in [7, 11) is 0. The van der Waals surface area contributed by atoms with Crippen LogP contribution in [0.4, 0.5) is 0 Å². The van der Waals surface area contributed by atoms with Crippen LogP contribution in [0.3, 0.4) is 0 Å². The molecule has 0 spiro atoms. The molecule has 0 radical (unpaired) electrons. The van der Waals surface area contributed by atoms with Gasteiger partial charge in [0.25, 0.3) is 0 Å². The zero-order valence-electron chi connectivity index (χ0n) is 6.36. The SMILES string of the molecule is ON=Cc1nnc2ncncc2n1. The first-order chi connectivity index (χ1) is 6.40. The molecular weight excluding hydrogens is 172 g/mol. The Kier molecular flexibility index (Phi) is 1.75. The summed E-state index contributed by atoms with van der Waals surface area (Å²) in [6, 6.07) is 0. The standard InChI is InChI=1S/C6H4N6O/c13-9-2-5-10-4-1-7-3-8-6(4)12-11-5/h1-3,13H. The Balaban J connectivity index is 2.62. The molecule has 0 amide bonds. The van der Waals surface area contributed by atoms with E-state index in [2.05, 4.69) is 30.3 Å². The lowest BCUT2D eigenvalue weighted by atomic mass is 10.5. The molecule has 2 aromatic heterocycles. The van der Waals surface area contributed by atoms with E-state index in [-0.39, 0.29) is 5.82 Å². The lowest BCUT2D eigenvalue weighted by Crippen LogP contribution is -1.98. The van der Waals surface area contributed by atoms with E-state index in [0.717, 1.165) is 6.21 Å². The predicted octanol–water partition coefficient (Wildman–Crippen LogP) is -0.377. The maximum atomic E-state index is 8.22. The van der Waals surface area contributed by atoms with Crippen LogP contribution in [0.1, 0.15) is 5.82 Å². The molecule has 0 aromatic carbocycles. The topological polar surface area (TPSA) is 97.0 Å². The second-order valence-electron chi connectivity index (χ2n) is 2.15. The van der Waals surface area contributed by atoms with Crippen molar-refractivity contribution in [2.45, 2.75) is 0 Å². The van der Waals surface area contributed by atoms with Gasteiger partial charge in [0.05, 0.1) is 6.20 Å². The summed E-state index contributed by atoms with van der Waals surface area (Å²) in [4.78, 5) is 11.6. The fourth-order valence-electron chi connectivity index (χ4n) is 0.822. The van der Waals surface area contributed by atoms with E-state index in [9.17, 15) is 0 Å². The summed E-state index contributed by atoms with van der Waals surface area (Å²) >= 11 is 0. The van der Waals surface area contributed by atoms with Gasteiger partial charge in [0.1, 0.15) is 18.1 Å². The van der Waals surface area contributed by atoms with E-state index < -0.39 is 0 Å². The van der Waals surface area contributed by atoms with Gasteiger partial charge in [-0.2, -0.15) is 0 Å². The van der Waals surface area contributed by atoms with Crippen molar-refractivity contribution in [3.05, 3.63) is 18.3 Å². The summed E-state index contributed by atoms with van der Waals surface area (Å²) in [6.45, 7) is 0. The van der Waals surface area contributed by atoms with Crippen molar-refractivity contribution in [2.24, 2.45) is 5.16 Å². The Morgan fingerprint density at radius 1 is 1.38 bits per heavy atom. The number of fused-ring (bicyclic) bond motifs is 1. The molecule has 13 heavy (non-hydrogen) atoms. The van der Waals surface area contributed by atoms with Crippen molar-refractivity contribution in [1.82, 2.24) is 25.1 Å². The Morgan fingerprint density at radius 3 is 3.15 bits per heavy atom. The average molecular weight is 176 g/mol. The molecule has 0 fully saturated rings. The summed E-state index contributed by atoms with van der Waals surface area (Å²) in [6.07, 6.45) is 3.95. The van der Waals surface area contributed by atoms with E-state index in [1.807, 2.05) is 0 Å². The highest BCUT2D eigenvalue weighted by molar-refractivity contribution is 5.77. The molecule has 2 rings (SSSR count). The Hall–Kier alpha value is -2.18. The molecule has 1 N–H and O–H groups in total. The Morgan fingerprint density at radius 2 is 2.31 bits per heavy atom. The normalized spacial score (nSPS) is 11.1. The van der Waals surface area contributed by atoms with Crippen LogP contribution in [0, 0.1) is 0 Å². The summed E-state index contributed by atoms with van der Waals surface area (Å²) in [5.74, 6) is 0.213. The van der Waals surface area contributed by atoms with E-state index in [1.165, 1.54) is 12.5 Å². The number of nitrogens with zero attached hydrogens (tertiary/aromatic N) is 6. The first-order valence-electron chi connectivity index (χ1n) is 3.38.